The molecule has 2 aromatic heterocycles. The van der Waals surface area contributed by atoms with Gasteiger partial charge in [0.25, 0.3) is 0 Å². The molecule has 2 aromatic rings. The van der Waals surface area contributed by atoms with Crippen LogP contribution < -0.4 is 5.32 Å². The largest absolute Gasteiger partial charge is 0.467 e. The summed E-state index contributed by atoms with van der Waals surface area (Å²) < 4.78 is 9.85. The summed E-state index contributed by atoms with van der Waals surface area (Å²) in [5, 5.41) is 3.49. The van der Waals surface area contributed by atoms with Crippen LogP contribution in [-0.4, -0.2) is 18.1 Å². The van der Waals surface area contributed by atoms with Crippen LogP contribution in [-0.2, 0) is 11.3 Å². The van der Waals surface area contributed by atoms with Crippen molar-refractivity contribution in [2.75, 3.05) is 12.4 Å². The first-order chi connectivity index (χ1) is 9.10. The van der Waals surface area contributed by atoms with Crippen molar-refractivity contribution in [2.24, 2.45) is 0 Å². The average Bonchev–Trinajstić information content (AvgIpc) is 2.88. The van der Waals surface area contributed by atoms with Gasteiger partial charge in [0, 0.05) is 6.20 Å². The van der Waals surface area contributed by atoms with Gasteiger partial charge in [0.2, 0.25) is 0 Å². The Bertz CT molecular complexity index is 595. The van der Waals surface area contributed by atoms with Crippen molar-refractivity contribution in [3.8, 4) is 0 Å². The lowest BCUT2D eigenvalue weighted by molar-refractivity contribution is 0.0600. The van der Waals surface area contributed by atoms with Crippen molar-refractivity contribution in [2.45, 2.75) is 13.5 Å². The highest BCUT2D eigenvalue weighted by atomic mass is 35.5. The van der Waals surface area contributed by atoms with Crippen molar-refractivity contribution in [3.63, 3.8) is 0 Å². The number of hydrogen-bond acceptors (Lipinski definition) is 5. The predicted molar refractivity (Wildman–Crippen MR) is 71.4 cm³/mol. The summed E-state index contributed by atoms with van der Waals surface area (Å²) in [5.74, 6) is 0.184. The highest BCUT2D eigenvalue weighted by molar-refractivity contribution is 6.31. The number of ether oxygens (including phenoxy) is 1. The Morgan fingerprint density at radius 2 is 2.32 bits per heavy atom. The molecule has 0 aromatic carbocycles. The standard InChI is InChI=1S/C13H13ClN2O3/c1-8-3-11(12(14)16-5-8)15-6-10-4-9(7-19-10)13(17)18-2/h3-5,7,15H,6H2,1-2H3. The number of pyridine rings is 1. The van der Waals surface area contributed by atoms with E-state index in [1.54, 1.807) is 12.3 Å². The van der Waals surface area contributed by atoms with Crippen LogP contribution in [0.1, 0.15) is 21.7 Å². The number of carbonyl (C=O) groups is 1. The topological polar surface area (TPSA) is 64.4 Å². The maximum absolute atomic E-state index is 11.3. The maximum atomic E-state index is 11.3. The molecule has 19 heavy (non-hydrogen) atoms. The summed E-state index contributed by atoms with van der Waals surface area (Å²) in [4.78, 5) is 15.3. The first-order valence-electron chi connectivity index (χ1n) is 5.62. The first kappa shape index (κ1) is 13.4. The SMILES string of the molecule is COC(=O)c1coc(CNc2cc(C)cnc2Cl)c1. The molecule has 0 spiro atoms. The second-order valence-corrected chi connectivity index (χ2v) is 4.36. The van der Waals surface area contributed by atoms with Gasteiger partial charge in [-0.15, -0.1) is 0 Å². The van der Waals surface area contributed by atoms with Crippen LogP contribution in [0.2, 0.25) is 5.15 Å². The van der Waals surface area contributed by atoms with E-state index in [1.807, 2.05) is 13.0 Å². The summed E-state index contributed by atoms with van der Waals surface area (Å²) in [6, 6.07) is 3.51. The molecule has 6 heteroatoms. The van der Waals surface area contributed by atoms with E-state index in [9.17, 15) is 4.79 Å². The smallest absolute Gasteiger partial charge is 0.341 e. The Labute approximate surface area is 115 Å². The minimum absolute atomic E-state index is 0.382. The zero-order valence-electron chi connectivity index (χ0n) is 10.6. The van der Waals surface area contributed by atoms with E-state index >= 15 is 0 Å². The monoisotopic (exact) mass is 280 g/mol. The Hall–Kier alpha value is -2.01. The van der Waals surface area contributed by atoms with Gasteiger partial charge in [0.15, 0.2) is 5.15 Å². The minimum Gasteiger partial charge on any atom is -0.467 e. The van der Waals surface area contributed by atoms with Crippen LogP contribution in [0, 0.1) is 6.92 Å². The Morgan fingerprint density at radius 1 is 1.53 bits per heavy atom. The number of carbonyl (C=O) groups excluding carboxylic acids is 1. The number of anilines is 1. The van der Waals surface area contributed by atoms with E-state index in [1.165, 1.54) is 13.4 Å². The van der Waals surface area contributed by atoms with Gasteiger partial charge in [-0.3, -0.25) is 0 Å². The summed E-state index contributed by atoms with van der Waals surface area (Å²) in [6.07, 6.45) is 3.05. The molecule has 0 aliphatic rings. The lowest BCUT2D eigenvalue weighted by atomic mass is 10.3. The molecule has 0 unspecified atom stereocenters. The molecule has 5 nitrogen and oxygen atoms in total. The van der Waals surface area contributed by atoms with Crippen molar-refractivity contribution in [1.82, 2.24) is 4.98 Å². The number of halogens is 1. The molecular formula is C13H13ClN2O3. The molecule has 2 rings (SSSR count). The zero-order chi connectivity index (χ0) is 13.8. The number of hydrogen-bond donors (Lipinski definition) is 1. The summed E-state index contributed by atoms with van der Waals surface area (Å²) >= 11 is 5.96. The van der Waals surface area contributed by atoms with Crippen LogP contribution >= 0.6 is 11.6 Å². The highest BCUT2D eigenvalue weighted by Gasteiger charge is 2.10. The number of aryl methyl sites for hydroxylation is 1. The molecule has 0 aliphatic carbocycles. The van der Waals surface area contributed by atoms with E-state index in [0.717, 1.165) is 11.3 Å². The molecule has 1 N–H and O–H groups in total. The third-order valence-corrected chi connectivity index (χ3v) is 2.80. The fraction of sp³-hybridized carbons (Fsp3) is 0.231. The molecular weight excluding hydrogens is 268 g/mol. The maximum Gasteiger partial charge on any atom is 0.341 e. The van der Waals surface area contributed by atoms with Gasteiger partial charge in [-0.2, -0.15) is 0 Å². The number of esters is 1. The van der Waals surface area contributed by atoms with E-state index in [0.29, 0.717) is 23.0 Å². The van der Waals surface area contributed by atoms with Crippen LogP contribution in [0.25, 0.3) is 0 Å². The summed E-state index contributed by atoms with van der Waals surface area (Å²) in [7, 11) is 1.32. The van der Waals surface area contributed by atoms with Gasteiger partial charge in [-0.25, -0.2) is 9.78 Å². The lowest BCUT2D eigenvalue weighted by Gasteiger charge is -2.06. The molecule has 0 amide bonds. The summed E-state index contributed by atoms with van der Waals surface area (Å²) in [6.45, 7) is 2.33. The second kappa shape index (κ2) is 5.75. The number of aromatic nitrogens is 1. The molecule has 0 atom stereocenters. The number of nitrogens with one attached hydrogen (secondary N) is 1. The molecule has 0 fully saturated rings. The van der Waals surface area contributed by atoms with Gasteiger partial charge in [0.1, 0.15) is 12.0 Å². The fourth-order valence-electron chi connectivity index (χ4n) is 1.56. The van der Waals surface area contributed by atoms with Crippen LogP contribution in [0.5, 0.6) is 0 Å². The van der Waals surface area contributed by atoms with E-state index in [4.69, 9.17) is 16.0 Å². The van der Waals surface area contributed by atoms with E-state index in [2.05, 4.69) is 15.0 Å². The Balaban J connectivity index is 2.04. The molecule has 0 bridgehead atoms. The number of methoxy groups -OCH3 is 1. The van der Waals surface area contributed by atoms with Gasteiger partial charge >= 0.3 is 5.97 Å². The Morgan fingerprint density at radius 3 is 3.05 bits per heavy atom. The predicted octanol–water partition coefficient (Wildman–Crippen LogP) is 3.04. The number of rotatable bonds is 4. The quantitative estimate of drug-likeness (QED) is 0.689. The van der Waals surface area contributed by atoms with Crippen LogP contribution in [0.3, 0.4) is 0 Å². The van der Waals surface area contributed by atoms with Crippen LogP contribution in [0.4, 0.5) is 5.69 Å². The normalized spacial score (nSPS) is 10.3. The van der Waals surface area contributed by atoms with E-state index < -0.39 is 5.97 Å². The van der Waals surface area contributed by atoms with Gasteiger partial charge in [-0.05, 0) is 24.6 Å². The molecule has 100 valence electrons. The van der Waals surface area contributed by atoms with E-state index in [-0.39, 0.29) is 0 Å². The van der Waals surface area contributed by atoms with Gasteiger partial charge in [-0.1, -0.05) is 11.6 Å². The average molecular weight is 281 g/mol. The zero-order valence-corrected chi connectivity index (χ0v) is 11.3. The third kappa shape index (κ3) is 3.26. The molecule has 0 radical (unpaired) electrons. The molecule has 0 saturated carbocycles. The second-order valence-electron chi connectivity index (χ2n) is 4.00. The Kier molecular flexibility index (Phi) is 4.06. The molecule has 0 aliphatic heterocycles. The van der Waals surface area contributed by atoms with Gasteiger partial charge in [0.05, 0.1) is 24.9 Å². The lowest BCUT2D eigenvalue weighted by Crippen LogP contribution is -2.01. The van der Waals surface area contributed by atoms with Crippen LogP contribution in [0.15, 0.2) is 29.0 Å². The first-order valence-corrected chi connectivity index (χ1v) is 5.99. The van der Waals surface area contributed by atoms with Crippen molar-refractivity contribution in [3.05, 3.63) is 46.6 Å². The summed E-state index contributed by atoms with van der Waals surface area (Å²) in [5.41, 5.74) is 2.10. The fourth-order valence-corrected chi connectivity index (χ4v) is 1.73. The van der Waals surface area contributed by atoms with Crippen molar-refractivity contribution in [1.29, 1.82) is 0 Å². The highest BCUT2D eigenvalue weighted by Crippen LogP contribution is 2.21. The number of nitrogens with zero attached hydrogens (tertiary/aromatic N) is 1. The van der Waals surface area contributed by atoms with Gasteiger partial charge < -0.3 is 14.5 Å². The van der Waals surface area contributed by atoms with Crippen molar-refractivity contribution >= 4 is 23.3 Å². The number of furan rings is 1. The molecule has 2 heterocycles. The minimum atomic E-state index is -0.426. The third-order valence-electron chi connectivity index (χ3n) is 2.50. The van der Waals surface area contributed by atoms with Crippen molar-refractivity contribution < 1.29 is 13.9 Å². The molecule has 0 saturated heterocycles.